The van der Waals surface area contributed by atoms with Crippen molar-refractivity contribution in [1.82, 2.24) is 10.2 Å². The van der Waals surface area contributed by atoms with Crippen molar-refractivity contribution in [3.8, 4) is 0 Å². The van der Waals surface area contributed by atoms with Crippen molar-refractivity contribution < 1.29 is 19.1 Å². The van der Waals surface area contributed by atoms with Gasteiger partial charge in [0.25, 0.3) is 0 Å². The molecule has 0 fully saturated rings. The third-order valence-electron chi connectivity index (χ3n) is 5.44. The molecule has 1 N–H and O–H groups in total. The molecule has 0 radical (unpaired) electrons. The Kier molecular flexibility index (Phi) is 8.10. The molecule has 0 saturated carbocycles. The third-order valence-corrected chi connectivity index (χ3v) is 5.44. The number of alkyl carbamates (subject to hydrolysis) is 1. The molecular weight excluding hydrogens is 392 g/mol. The molecule has 2 aromatic rings. The van der Waals surface area contributed by atoms with Gasteiger partial charge in [0.1, 0.15) is 13.2 Å². The van der Waals surface area contributed by atoms with Crippen molar-refractivity contribution in [3.63, 3.8) is 0 Å². The maximum atomic E-state index is 12.9. The molecule has 1 aliphatic heterocycles. The molecule has 2 aromatic carbocycles. The Morgan fingerprint density at radius 1 is 0.935 bits per heavy atom. The van der Waals surface area contributed by atoms with Crippen LogP contribution in [0.25, 0.3) is 0 Å². The van der Waals surface area contributed by atoms with Crippen molar-refractivity contribution in [3.05, 3.63) is 83.9 Å². The molecule has 3 atom stereocenters. The molecule has 0 aliphatic carbocycles. The van der Waals surface area contributed by atoms with E-state index in [1.54, 1.807) is 4.90 Å². The Balaban J connectivity index is 1.60. The average Bonchev–Trinajstić information content (AvgIpc) is 2.96. The van der Waals surface area contributed by atoms with E-state index >= 15 is 0 Å². The minimum Gasteiger partial charge on any atom is -0.445 e. The smallest absolute Gasteiger partial charge is 0.410 e. The van der Waals surface area contributed by atoms with Crippen LogP contribution in [0, 0.1) is 5.92 Å². The molecule has 0 aromatic heterocycles. The lowest BCUT2D eigenvalue weighted by atomic mass is 10.0. The first-order valence-corrected chi connectivity index (χ1v) is 10.7. The SMILES string of the molecule is CC[C@H]1C=C[C@H](C)[C@@H](NC(=O)OCc2ccccc2)CN1C(=O)OCc1ccccc1. The van der Waals surface area contributed by atoms with Gasteiger partial charge in [0.05, 0.1) is 12.1 Å². The Hall–Kier alpha value is -3.28. The van der Waals surface area contributed by atoms with Crippen LogP contribution in [-0.2, 0) is 22.7 Å². The lowest BCUT2D eigenvalue weighted by molar-refractivity contribution is 0.0800. The Bertz CT molecular complexity index is 870. The number of ether oxygens (including phenoxy) is 2. The van der Waals surface area contributed by atoms with Gasteiger partial charge in [-0.05, 0) is 23.5 Å². The van der Waals surface area contributed by atoms with E-state index in [1.165, 1.54) is 0 Å². The molecule has 31 heavy (non-hydrogen) atoms. The van der Waals surface area contributed by atoms with Gasteiger partial charge in [-0.1, -0.05) is 86.7 Å². The molecule has 2 amide bonds. The van der Waals surface area contributed by atoms with Crippen molar-refractivity contribution in [2.75, 3.05) is 6.54 Å². The maximum absolute atomic E-state index is 12.9. The van der Waals surface area contributed by atoms with Crippen molar-refractivity contribution in [2.45, 2.75) is 45.6 Å². The highest BCUT2D eigenvalue weighted by molar-refractivity contribution is 5.70. The fourth-order valence-corrected chi connectivity index (χ4v) is 3.52. The fraction of sp³-hybridized carbons (Fsp3) is 0.360. The van der Waals surface area contributed by atoms with Crippen LogP contribution >= 0.6 is 0 Å². The van der Waals surface area contributed by atoms with Crippen molar-refractivity contribution >= 4 is 12.2 Å². The lowest BCUT2D eigenvalue weighted by Crippen LogP contribution is -2.50. The van der Waals surface area contributed by atoms with Crippen molar-refractivity contribution in [2.24, 2.45) is 5.92 Å². The molecule has 164 valence electrons. The van der Waals surface area contributed by atoms with Gasteiger partial charge in [-0.3, -0.25) is 4.90 Å². The van der Waals surface area contributed by atoms with E-state index < -0.39 is 6.09 Å². The topological polar surface area (TPSA) is 67.9 Å². The Morgan fingerprint density at radius 2 is 1.52 bits per heavy atom. The monoisotopic (exact) mass is 422 g/mol. The van der Waals surface area contributed by atoms with Crippen LogP contribution in [0.5, 0.6) is 0 Å². The molecule has 1 heterocycles. The van der Waals surface area contributed by atoms with Gasteiger partial charge in [-0.15, -0.1) is 0 Å². The normalized spacial score (nSPS) is 20.6. The van der Waals surface area contributed by atoms with E-state index in [2.05, 4.69) is 5.32 Å². The minimum absolute atomic E-state index is 0.0465. The van der Waals surface area contributed by atoms with E-state index in [4.69, 9.17) is 9.47 Å². The first-order chi connectivity index (χ1) is 15.1. The highest BCUT2D eigenvalue weighted by Gasteiger charge is 2.31. The molecule has 0 saturated heterocycles. The largest absolute Gasteiger partial charge is 0.445 e. The Morgan fingerprint density at radius 3 is 2.10 bits per heavy atom. The van der Waals surface area contributed by atoms with Crippen LogP contribution in [0.1, 0.15) is 31.4 Å². The van der Waals surface area contributed by atoms with Crippen LogP contribution in [0.4, 0.5) is 9.59 Å². The summed E-state index contributed by atoms with van der Waals surface area (Å²) in [5.41, 5.74) is 1.85. The minimum atomic E-state index is -0.498. The lowest BCUT2D eigenvalue weighted by Gasteiger charge is -2.31. The Labute approximate surface area is 183 Å². The summed E-state index contributed by atoms with van der Waals surface area (Å²) < 4.78 is 10.9. The molecule has 0 unspecified atom stereocenters. The maximum Gasteiger partial charge on any atom is 0.410 e. The predicted octanol–water partition coefficient (Wildman–Crippen LogP) is 4.90. The van der Waals surface area contributed by atoms with Crippen LogP contribution in [-0.4, -0.2) is 35.7 Å². The molecule has 3 rings (SSSR count). The molecule has 0 bridgehead atoms. The predicted molar refractivity (Wildman–Crippen MR) is 119 cm³/mol. The summed E-state index contributed by atoms with van der Waals surface area (Å²) in [5.74, 6) is 0.0465. The van der Waals surface area contributed by atoms with E-state index in [9.17, 15) is 9.59 Å². The van der Waals surface area contributed by atoms with Gasteiger partial charge in [0, 0.05) is 6.54 Å². The summed E-state index contributed by atoms with van der Waals surface area (Å²) in [6, 6.07) is 18.7. The highest BCUT2D eigenvalue weighted by atomic mass is 16.6. The fourth-order valence-electron chi connectivity index (χ4n) is 3.52. The number of hydrogen-bond acceptors (Lipinski definition) is 4. The van der Waals surface area contributed by atoms with Gasteiger partial charge < -0.3 is 14.8 Å². The number of rotatable bonds is 6. The summed E-state index contributed by atoms with van der Waals surface area (Å²) in [4.78, 5) is 26.9. The summed E-state index contributed by atoms with van der Waals surface area (Å²) >= 11 is 0. The van der Waals surface area contributed by atoms with Crippen LogP contribution in [0.15, 0.2) is 72.8 Å². The zero-order chi connectivity index (χ0) is 22.1. The standard InChI is InChI=1S/C25H30N2O4/c1-3-22-15-14-19(2)23(26-24(28)30-17-20-10-6-4-7-11-20)16-27(22)25(29)31-18-21-12-8-5-9-13-21/h4-15,19,22-23H,3,16-18H2,1-2H3,(H,26,28)/t19-,22-,23-/m0/s1. The molecule has 6 heteroatoms. The first kappa shape index (κ1) is 22.4. The third kappa shape index (κ3) is 6.60. The molecular formula is C25H30N2O4. The first-order valence-electron chi connectivity index (χ1n) is 10.7. The zero-order valence-electron chi connectivity index (χ0n) is 18.1. The summed E-state index contributed by atoms with van der Waals surface area (Å²) in [6.45, 7) is 4.80. The summed E-state index contributed by atoms with van der Waals surface area (Å²) in [7, 11) is 0. The number of nitrogens with zero attached hydrogens (tertiary/aromatic N) is 1. The van der Waals surface area contributed by atoms with E-state index in [0.717, 1.165) is 17.5 Å². The second kappa shape index (κ2) is 11.2. The second-order valence-corrected chi connectivity index (χ2v) is 7.72. The van der Waals surface area contributed by atoms with Crippen LogP contribution in [0.3, 0.4) is 0 Å². The highest BCUT2D eigenvalue weighted by Crippen LogP contribution is 2.20. The van der Waals surface area contributed by atoms with Gasteiger partial charge in [0.15, 0.2) is 0 Å². The molecule has 6 nitrogen and oxygen atoms in total. The number of amides is 2. The second-order valence-electron chi connectivity index (χ2n) is 7.72. The van der Waals surface area contributed by atoms with Gasteiger partial charge in [0.2, 0.25) is 0 Å². The number of carbonyl (C=O) groups excluding carboxylic acids is 2. The van der Waals surface area contributed by atoms with Gasteiger partial charge in [-0.2, -0.15) is 0 Å². The molecule has 0 spiro atoms. The van der Waals surface area contributed by atoms with E-state index in [-0.39, 0.29) is 37.3 Å². The number of carbonyl (C=O) groups is 2. The number of benzene rings is 2. The van der Waals surface area contributed by atoms with Crippen LogP contribution < -0.4 is 5.32 Å². The van der Waals surface area contributed by atoms with E-state index in [0.29, 0.717) is 6.54 Å². The molecule has 1 aliphatic rings. The van der Waals surface area contributed by atoms with E-state index in [1.807, 2.05) is 86.7 Å². The summed E-state index contributed by atoms with van der Waals surface area (Å²) in [6.07, 6.45) is 3.93. The number of hydrogen-bond donors (Lipinski definition) is 1. The van der Waals surface area contributed by atoms with Gasteiger partial charge in [-0.25, -0.2) is 9.59 Å². The van der Waals surface area contributed by atoms with Gasteiger partial charge >= 0.3 is 12.2 Å². The average molecular weight is 423 g/mol. The summed E-state index contributed by atoms with van der Waals surface area (Å²) in [5, 5.41) is 2.92. The quantitative estimate of drug-likeness (QED) is 0.672. The number of nitrogens with one attached hydrogen (secondary N) is 1. The zero-order valence-corrected chi connectivity index (χ0v) is 18.1. The van der Waals surface area contributed by atoms with Crippen molar-refractivity contribution in [1.29, 1.82) is 0 Å². The van der Waals surface area contributed by atoms with Crippen LogP contribution in [0.2, 0.25) is 0 Å².